The number of imide groups is 1. The zero-order valence-corrected chi connectivity index (χ0v) is 11.0. The molecule has 0 atom stereocenters. The largest absolute Gasteiger partial charge is 0.506 e. The van der Waals surface area contributed by atoms with Crippen molar-refractivity contribution in [2.45, 2.75) is 13.3 Å². The zero-order chi connectivity index (χ0) is 14.3. The number of phenols is 1. The maximum atomic E-state index is 12.4. The molecule has 0 spiro atoms. The number of phenolic OH excluding ortho intramolecular Hbond substituents is 1. The Hall–Kier alpha value is -2.62. The quantitative estimate of drug-likeness (QED) is 0.851. The fraction of sp³-hybridized carbons (Fsp3) is 0.125. The van der Waals surface area contributed by atoms with E-state index in [1.54, 1.807) is 36.4 Å². The van der Waals surface area contributed by atoms with Gasteiger partial charge in [-0.2, -0.15) is 0 Å². The first kappa shape index (κ1) is 12.4. The molecule has 1 N–H and O–H groups in total. The summed E-state index contributed by atoms with van der Waals surface area (Å²) in [4.78, 5) is 25.7. The van der Waals surface area contributed by atoms with Crippen LogP contribution in [0.4, 0.5) is 5.69 Å². The van der Waals surface area contributed by atoms with Crippen LogP contribution in [-0.2, 0) is 6.42 Å². The number of amides is 2. The molecule has 0 bridgehead atoms. The SMILES string of the molecule is CCc1ccc(O)c(N2C(=O)c3ccccc3C2=O)c1. The van der Waals surface area contributed by atoms with Gasteiger partial charge >= 0.3 is 0 Å². The third-order valence-corrected chi connectivity index (χ3v) is 3.48. The third kappa shape index (κ3) is 1.69. The average molecular weight is 267 g/mol. The maximum Gasteiger partial charge on any atom is 0.266 e. The summed E-state index contributed by atoms with van der Waals surface area (Å²) in [6, 6.07) is 11.6. The molecular weight excluding hydrogens is 254 g/mol. The van der Waals surface area contributed by atoms with Gasteiger partial charge in [-0.1, -0.05) is 25.1 Å². The number of nitrogens with zero attached hydrogens (tertiary/aromatic N) is 1. The van der Waals surface area contributed by atoms with E-state index in [1.807, 2.05) is 6.92 Å². The lowest BCUT2D eigenvalue weighted by Gasteiger charge is -2.16. The van der Waals surface area contributed by atoms with Gasteiger partial charge in [-0.05, 0) is 36.2 Å². The molecule has 0 aliphatic carbocycles. The first-order valence-corrected chi connectivity index (χ1v) is 6.43. The Morgan fingerprint density at radius 3 is 2.15 bits per heavy atom. The number of hydrogen-bond donors (Lipinski definition) is 1. The molecule has 4 nitrogen and oxygen atoms in total. The molecule has 2 aromatic carbocycles. The predicted molar refractivity (Wildman–Crippen MR) is 75.1 cm³/mol. The summed E-state index contributed by atoms with van der Waals surface area (Å²) >= 11 is 0. The lowest BCUT2D eigenvalue weighted by molar-refractivity contribution is 0.0925. The van der Waals surface area contributed by atoms with Crippen molar-refractivity contribution in [2.75, 3.05) is 4.90 Å². The van der Waals surface area contributed by atoms with Gasteiger partial charge < -0.3 is 5.11 Å². The number of aryl methyl sites for hydroxylation is 1. The number of aromatic hydroxyl groups is 1. The maximum absolute atomic E-state index is 12.4. The van der Waals surface area contributed by atoms with Crippen molar-refractivity contribution < 1.29 is 14.7 Å². The highest BCUT2D eigenvalue weighted by atomic mass is 16.3. The highest BCUT2D eigenvalue weighted by Crippen LogP contribution is 2.34. The van der Waals surface area contributed by atoms with Crippen molar-refractivity contribution in [3.05, 3.63) is 59.2 Å². The van der Waals surface area contributed by atoms with E-state index in [4.69, 9.17) is 0 Å². The molecule has 1 aliphatic rings. The van der Waals surface area contributed by atoms with Crippen LogP contribution in [0.15, 0.2) is 42.5 Å². The van der Waals surface area contributed by atoms with E-state index in [2.05, 4.69) is 0 Å². The normalized spacial score (nSPS) is 13.8. The number of benzene rings is 2. The number of anilines is 1. The smallest absolute Gasteiger partial charge is 0.266 e. The van der Waals surface area contributed by atoms with E-state index in [1.165, 1.54) is 6.07 Å². The number of carbonyl (C=O) groups excluding carboxylic acids is 2. The number of hydrogen-bond acceptors (Lipinski definition) is 3. The minimum atomic E-state index is -0.394. The van der Waals surface area contributed by atoms with E-state index in [0.29, 0.717) is 11.1 Å². The van der Waals surface area contributed by atoms with Crippen molar-refractivity contribution >= 4 is 17.5 Å². The second-order valence-electron chi connectivity index (χ2n) is 4.67. The molecule has 0 radical (unpaired) electrons. The van der Waals surface area contributed by atoms with Crippen LogP contribution in [0.5, 0.6) is 5.75 Å². The van der Waals surface area contributed by atoms with Crippen LogP contribution in [0.1, 0.15) is 33.2 Å². The lowest BCUT2D eigenvalue weighted by Crippen LogP contribution is -2.29. The van der Waals surface area contributed by atoms with Gasteiger partial charge in [0.15, 0.2) is 0 Å². The van der Waals surface area contributed by atoms with Crippen molar-refractivity contribution in [1.29, 1.82) is 0 Å². The molecular formula is C16H13NO3. The first-order valence-electron chi connectivity index (χ1n) is 6.43. The summed E-state index contributed by atoms with van der Waals surface area (Å²) in [7, 11) is 0. The van der Waals surface area contributed by atoms with Gasteiger partial charge in [0.1, 0.15) is 5.75 Å². The Kier molecular flexibility index (Phi) is 2.79. The van der Waals surface area contributed by atoms with Gasteiger partial charge in [0.25, 0.3) is 11.8 Å². The molecule has 1 heterocycles. The number of carbonyl (C=O) groups is 2. The van der Waals surface area contributed by atoms with Gasteiger partial charge in [-0.3, -0.25) is 9.59 Å². The monoisotopic (exact) mass is 267 g/mol. The van der Waals surface area contributed by atoms with Crippen molar-refractivity contribution in [3.8, 4) is 5.75 Å². The van der Waals surface area contributed by atoms with Crippen LogP contribution < -0.4 is 4.90 Å². The minimum absolute atomic E-state index is 0.0725. The van der Waals surface area contributed by atoms with Crippen LogP contribution in [0.2, 0.25) is 0 Å². The average Bonchev–Trinajstić information content (AvgIpc) is 2.72. The van der Waals surface area contributed by atoms with Crippen molar-refractivity contribution in [3.63, 3.8) is 0 Å². The van der Waals surface area contributed by atoms with Crippen LogP contribution in [0, 0.1) is 0 Å². The summed E-state index contributed by atoms with van der Waals surface area (Å²) in [6.45, 7) is 1.97. The van der Waals surface area contributed by atoms with Crippen LogP contribution in [0.3, 0.4) is 0 Å². The second kappa shape index (κ2) is 4.49. The van der Waals surface area contributed by atoms with Crippen molar-refractivity contribution in [1.82, 2.24) is 0 Å². The molecule has 4 heteroatoms. The molecule has 0 saturated heterocycles. The molecule has 20 heavy (non-hydrogen) atoms. The minimum Gasteiger partial charge on any atom is -0.506 e. The van der Waals surface area contributed by atoms with Crippen LogP contribution >= 0.6 is 0 Å². The first-order chi connectivity index (χ1) is 9.63. The Morgan fingerprint density at radius 1 is 1.00 bits per heavy atom. The standard InChI is InChI=1S/C16H13NO3/c1-2-10-7-8-14(18)13(9-10)17-15(19)11-5-3-4-6-12(11)16(17)20/h3-9,18H,2H2,1H3. The number of fused-ring (bicyclic) bond motifs is 1. The van der Waals surface area contributed by atoms with E-state index in [0.717, 1.165) is 16.9 Å². The summed E-state index contributed by atoms with van der Waals surface area (Å²) in [5.74, 6) is -0.861. The van der Waals surface area contributed by atoms with E-state index < -0.39 is 11.8 Å². The predicted octanol–water partition coefficient (Wildman–Crippen LogP) is 2.76. The Bertz CT molecular complexity index is 686. The zero-order valence-electron chi connectivity index (χ0n) is 11.0. The summed E-state index contributed by atoms with van der Waals surface area (Å²) in [5, 5.41) is 9.96. The molecule has 0 unspecified atom stereocenters. The summed E-state index contributed by atoms with van der Waals surface area (Å²) in [5.41, 5.74) is 1.95. The number of rotatable bonds is 2. The van der Waals surface area contributed by atoms with Gasteiger partial charge in [0.2, 0.25) is 0 Å². The fourth-order valence-corrected chi connectivity index (χ4v) is 2.38. The van der Waals surface area contributed by atoms with Gasteiger partial charge in [0.05, 0.1) is 16.8 Å². The topological polar surface area (TPSA) is 57.6 Å². The van der Waals surface area contributed by atoms with E-state index >= 15 is 0 Å². The summed E-state index contributed by atoms with van der Waals surface area (Å²) in [6.07, 6.45) is 0.760. The van der Waals surface area contributed by atoms with Crippen molar-refractivity contribution in [2.24, 2.45) is 0 Å². The Labute approximate surface area is 116 Å². The van der Waals surface area contributed by atoms with Crippen LogP contribution in [-0.4, -0.2) is 16.9 Å². The molecule has 3 rings (SSSR count). The molecule has 100 valence electrons. The molecule has 1 aliphatic heterocycles. The van der Waals surface area contributed by atoms with Gasteiger partial charge in [-0.25, -0.2) is 4.90 Å². The van der Waals surface area contributed by atoms with Gasteiger partial charge in [0, 0.05) is 0 Å². The molecule has 2 aromatic rings. The molecule has 0 saturated carbocycles. The van der Waals surface area contributed by atoms with Gasteiger partial charge in [-0.15, -0.1) is 0 Å². The molecule has 0 fully saturated rings. The lowest BCUT2D eigenvalue weighted by atomic mass is 10.1. The fourth-order valence-electron chi connectivity index (χ4n) is 2.38. The molecule has 2 amide bonds. The third-order valence-electron chi connectivity index (χ3n) is 3.48. The Balaban J connectivity index is 2.14. The second-order valence-corrected chi connectivity index (χ2v) is 4.67. The Morgan fingerprint density at radius 2 is 1.60 bits per heavy atom. The summed E-state index contributed by atoms with van der Waals surface area (Å²) < 4.78 is 0. The molecule has 0 aromatic heterocycles. The van der Waals surface area contributed by atoms with E-state index in [-0.39, 0.29) is 11.4 Å². The van der Waals surface area contributed by atoms with Crippen LogP contribution in [0.25, 0.3) is 0 Å². The van der Waals surface area contributed by atoms with E-state index in [9.17, 15) is 14.7 Å². The highest BCUT2D eigenvalue weighted by Gasteiger charge is 2.37. The highest BCUT2D eigenvalue weighted by molar-refractivity contribution is 6.34.